The fourth-order valence-electron chi connectivity index (χ4n) is 3.28. The van der Waals surface area contributed by atoms with E-state index in [9.17, 15) is 9.59 Å². The molecule has 32 heavy (non-hydrogen) atoms. The van der Waals surface area contributed by atoms with Gasteiger partial charge in [-0.25, -0.2) is 0 Å². The Hall–Kier alpha value is -2.24. The number of nitrogens with one attached hydrogen (secondary N) is 1. The quantitative estimate of drug-likeness (QED) is 0.505. The van der Waals surface area contributed by atoms with E-state index in [1.165, 1.54) is 10.5 Å². The summed E-state index contributed by atoms with van der Waals surface area (Å²) < 4.78 is 5.73. The Morgan fingerprint density at radius 1 is 1.03 bits per heavy atom. The van der Waals surface area contributed by atoms with Crippen LogP contribution in [0.15, 0.2) is 42.5 Å². The Morgan fingerprint density at radius 2 is 1.62 bits per heavy atom. The standard InChI is InChI=1S/C25H32Cl2N2O3/c1-6-17-11-13-18(14-12-17)32-16-23(30)29(15-19-20(26)9-8-10-21(19)27)22(7-2)24(31)28-25(3,4)5/h8-14,22H,6-7,15-16H2,1-5H3,(H,28,31). The molecule has 1 N–H and O–H groups in total. The minimum atomic E-state index is -0.694. The minimum Gasteiger partial charge on any atom is -0.484 e. The lowest BCUT2D eigenvalue weighted by molar-refractivity contribution is -0.143. The van der Waals surface area contributed by atoms with Gasteiger partial charge in [-0.1, -0.05) is 55.2 Å². The van der Waals surface area contributed by atoms with E-state index in [1.807, 2.05) is 52.0 Å². The summed E-state index contributed by atoms with van der Waals surface area (Å²) in [5, 5.41) is 3.85. The van der Waals surface area contributed by atoms with Crippen molar-refractivity contribution in [1.29, 1.82) is 0 Å². The highest BCUT2D eigenvalue weighted by Gasteiger charge is 2.31. The number of carbonyl (C=O) groups excluding carboxylic acids is 2. The number of benzene rings is 2. The van der Waals surface area contributed by atoms with Crippen molar-refractivity contribution in [2.75, 3.05) is 6.61 Å². The van der Waals surface area contributed by atoms with Crippen LogP contribution in [0.4, 0.5) is 0 Å². The number of hydrogen-bond donors (Lipinski definition) is 1. The summed E-state index contributed by atoms with van der Waals surface area (Å²) in [5.74, 6) is 0.0405. The fourth-order valence-corrected chi connectivity index (χ4v) is 3.79. The van der Waals surface area contributed by atoms with Crippen LogP contribution in [0.5, 0.6) is 5.75 Å². The number of halogens is 2. The first-order valence-electron chi connectivity index (χ1n) is 10.8. The zero-order valence-corrected chi connectivity index (χ0v) is 20.9. The molecule has 0 saturated carbocycles. The third kappa shape index (κ3) is 7.42. The van der Waals surface area contributed by atoms with Crippen molar-refractivity contribution in [3.63, 3.8) is 0 Å². The summed E-state index contributed by atoms with van der Waals surface area (Å²) in [6, 6.07) is 12.1. The van der Waals surface area contributed by atoms with Gasteiger partial charge in [-0.05, 0) is 63.4 Å². The van der Waals surface area contributed by atoms with Crippen LogP contribution in [0.3, 0.4) is 0 Å². The van der Waals surface area contributed by atoms with Crippen molar-refractivity contribution < 1.29 is 14.3 Å². The topological polar surface area (TPSA) is 58.6 Å². The lowest BCUT2D eigenvalue weighted by atomic mass is 10.1. The van der Waals surface area contributed by atoms with Gasteiger partial charge in [0.05, 0.1) is 0 Å². The molecule has 2 rings (SSSR count). The predicted octanol–water partition coefficient (Wildman–Crippen LogP) is 5.66. The number of aryl methyl sites for hydroxylation is 1. The van der Waals surface area contributed by atoms with E-state index in [2.05, 4.69) is 12.2 Å². The summed E-state index contributed by atoms with van der Waals surface area (Å²) in [6.07, 6.45) is 1.35. The van der Waals surface area contributed by atoms with Crippen molar-refractivity contribution >= 4 is 35.0 Å². The molecule has 0 fully saturated rings. The number of amides is 2. The largest absolute Gasteiger partial charge is 0.484 e. The Labute approximate surface area is 201 Å². The molecule has 2 amide bonds. The van der Waals surface area contributed by atoms with Crippen molar-refractivity contribution in [3.05, 3.63) is 63.6 Å². The molecule has 0 saturated heterocycles. The van der Waals surface area contributed by atoms with Gasteiger partial charge >= 0.3 is 0 Å². The molecule has 0 aliphatic carbocycles. The second-order valence-electron chi connectivity index (χ2n) is 8.67. The molecule has 2 aromatic rings. The first-order chi connectivity index (χ1) is 15.1. The van der Waals surface area contributed by atoms with Crippen molar-refractivity contribution in [3.8, 4) is 5.75 Å². The summed E-state index contributed by atoms with van der Waals surface area (Å²) in [7, 11) is 0. The molecule has 2 aromatic carbocycles. The normalized spacial score (nSPS) is 12.2. The SMILES string of the molecule is CCc1ccc(OCC(=O)N(Cc2c(Cl)cccc2Cl)C(CC)C(=O)NC(C)(C)C)cc1. The van der Waals surface area contributed by atoms with Gasteiger partial charge < -0.3 is 15.0 Å². The smallest absolute Gasteiger partial charge is 0.261 e. The maximum atomic E-state index is 13.3. The van der Waals surface area contributed by atoms with Crippen LogP contribution >= 0.6 is 23.2 Å². The summed E-state index contributed by atoms with van der Waals surface area (Å²) >= 11 is 12.7. The Balaban J connectivity index is 2.28. The third-order valence-corrected chi connectivity index (χ3v) is 5.68. The first-order valence-corrected chi connectivity index (χ1v) is 11.6. The van der Waals surface area contributed by atoms with Gasteiger partial charge in [0.25, 0.3) is 5.91 Å². The van der Waals surface area contributed by atoms with E-state index in [4.69, 9.17) is 27.9 Å². The maximum Gasteiger partial charge on any atom is 0.261 e. The van der Waals surface area contributed by atoms with Crippen molar-refractivity contribution in [2.24, 2.45) is 0 Å². The molecule has 0 aliphatic heterocycles. The number of hydrogen-bond acceptors (Lipinski definition) is 3. The van der Waals surface area contributed by atoms with Gasteiger partial charge in [-0.15, -0.1) is 0 Å². The van der Waals surface area contributed by atoms with Crippen molar-refractivity contribution in [1.82, 2.24) is 10.2 Å². The van der Waals surface area contributed by atoms with E-state index < -0.39 is 11.6 Å². The molecule has 0 radical (unpaired) electrons. The highest BCUT2D eigenvalue weighted by molar-refractivity contribution is 6.36. The van der Waals surface area contributed by atoms with E-state index >= 15 is 0 Å². The Bertz CT molecular complexity index is 904. The van der Waals surface area contributed by atoms with E-state index in [1.54, 1.807) is 18.2 Å². The Kier molecular flexibility index (Phi) is 9.41. The lowest BCUT2D eigenvalue weighted by Gasteiger charge is -2.33. The van der Waals surface area contributed by atoms with Gasteiger partial charge in [-0.3, -0.25) is 9.59 Å². The molecular weight excluding hydrogens is 447 g/mol. The van der Waals surface area contributed by atoms with Crippen LogP contribution in [0.25, 0.3) is 0 Å². The Morgan fingerprint density at radius 3 is 2.12 bits per heavy atom. The fraction of sp³-hybridized carbons (Fsp3) is 0.440. The van der Waals surface area contributed by atoms with E-state index in [-0.39, 0.29) is 25.0 Å². The monoisotopic (exact) mass is 478 g/mol. The summed E-state index contributed by atoms with van der Waals surface area (Å²) in [6.45, 7) is 9.54. The molecular formula is C25H32Cl2N2O3. The van der Waals surface area contributed by atoms with E-state index in [0.29, 0.717) is 27.8 Å². The molecule has 0 bridgehead atoms. The van der Waals surface area contributed by atoms with E-state index in [0.717, 1.165) is 6.42 Å². The van der Waals surface area contributed by atoms with Crippen molar-refractivity contribution in [2.45, 2.75) is 65.6 Å². The lowest BCUT2D eigenvalue weighted by Crippen LogP contribution is -2.54. The van der Waals surface area contributed by atoms with Crippen LogP contribution in [-0.4, -0.2) is 34.9 Å². The van der Waals surface area contributed by atoms with Crippen LogP contribution in [0, 0.1) is 0 Å². The molecule has 1 atom stereocenters. The molecule has 0 aliphatic rings. The highest BCUT2D eigenvalue weighted by Crippen LogP contribution is 2.27. The number of carbonyl (C=O) groups is 2. The van der Waals surface area contributed by atoms with Crippen LogP contribution in [0.2, 0.25) is 10.0 Å². The minimum absolute atomic E-state index is 0.103. The zero-order valence-electron chi connectivity index (χ0n) is 19.4. The second kappa shape index (κ2) is 11.6. The number of rotatable bonds is 9. The van der Waals surface area contributed by atoms with Gasteiger partial charge in [0.15, 0.2) is 6.61 Å². The number of ether oxygens (including phenoxy) is 1. The third-order valence-electron chi connectivity index (χ3n) is 4.97. The van der Waals surface area contributed by atoms with Gasteiger partial charge in [0, 0.05) is 27.7 Å². The predicted molar refractivity (Wildman–Crippen MR) is 130 cm³/mol. The average molecular weight is 479 g/mol. The van der Waals surface area contributed by atoms with Gasteiger partial charge in [-0.2, -0.15) is 0 Å². The van der Waals surface area contributed by atoms with Gasteiger partial charge in [0.2, 0.25) is 5.91 Å². The van der Waals surface area contributed by atoms with Crippen LogP contribution < -0.4 is 10.1 Å². The van der Waals surface area contributed by atoms with Crippen LogP contribution in [0.1, 0.15) is 52.2 Å². The first kappa shape index (κ1) is 26.0. The highest BCUT2D eigenvalue weighted by atomic mass is 35.5. The summed E-state index contributed by atoms with van der Waals surface area (Å²) in [4.78, 5) is 27.8. The van der Waals surface area contributed by atoms with Crippen LogP contribution in [-0.2, 0) is 22.6 Å². The maximum absolute atomic E-state index is 13.3. The average Bonchev–Trinajstić information content (AvgIpc) is 2.73. The molecule has 0 heterocycles. The molecule has 0 spiro atoms. The molecule has 1 unspecified atom stereocenters. The second-order valence-corrected chi connectivity index (χ2v) is 9.49. The molecule has 5 nitrogen and oxygen atoms in total. The summed E-state index contributed by atoms with van der Waals surface area (Å²) in [5.41, 5.74) is 1.35. The molecule has 0 aromatic heterocycles. The number of nitrogens with zero attached hydrogens (tertiary/aromatic N) is 1. The molecule has 174 valence electrons. The zero-order chi connectivity index (χ0) is 23.9. The van der Waals surface area contributed by atoms with Gasteiger partial charge in [0.1, 0.15) is 11.8 Å². The molecule has 7 heteroatoms.